The van der Waals surface area contributed by atoms with Crippen LogP contribution in [0.4, 0.5) is 10.5 Å². The Bertz CT molecular complexity index is 686. The van der Waals surface area contributed by atoms with E-state index in [1.54, 1.807) is 4.90 Å². The van der Waals surface area contributed by atoms with E-state index in [0.717, 1.165) is 42.7 Å². The highest BCUT2D eigenvalue weighted by Gasteiger charge is 2.37. The molecular weight excluding hydrogens is 340 g/mol. The minimum Gasteiger partial charge on any atom is -0.443 e. The lowest BCUT2D eigenvalue weighted by molar-refractivity contribution is 0.0577. The van der Waals surface area contributed by atoms with E-state index >= 15 is 0 Å². The van der Waals surface area contributed by atoms with Gasteiger partial charge in [-0.15, -0.1) is 0 Å². The van der Waals surface area contributed by atoms with E-state index in [-0.39, 0.29) is 12.1 Å². The Hall–Kier alpha value is -2.24. The maximum Gasteiger partial charge on any atom is 0.415 e. The van der Waals surface area contributed by atoms with Gasteiger partial charge in [0.1, 0.15) is 5.60 Å². The van der Waals surface area contributed by atoms with E-state index in [1.807, 2.05) is 44.7 Å². The molecule has 0 aliphatic heterocycles. The average molecular weight is 375 g/mol. The predicted octanol–water partition coefficient (Wildman–Crippen LogP) is 4.06. The van der Waals surface area contributed by atoms with Crippen molar-refractivity contribution in [3.8, 4) is 0 Å². The van der Waals surface area contributed by atoms with Crippen LogP contribution >= 0.6 is 0 Å². The average Bonchev–Trinajstić information content (AvgIpc) is 3.39. The molecule has 6 heteroatoms. The van der Waals surface area contributed by atoms with Gasteiger partial charge >= 0.3 is 6.09 Å². The summed E-state index contributed by atoms with van der Waals surface area (Å²) >= 11 is 0. The van der Waals surface area contributed by atoms with Crippen molar-refractivity contribution in [2.75, 3.05) is 18.0 Å². The van der Waals surface area contributed by atoms with Crippen molar-refractivity contribution in [1.82, 2.24) is 4.90 Å². The topological polar surface area (TPSA) is 71.2 Å². The van der Waals surface area contributed by atoms with Crippen molar-refractivity contribution >= 4 is 17.7 Å². The summed E-state index contributed by atoms with van der Waals surface area (Å²) in [6.07, 6.45) is 1.76. The van der Waals surface area contributed by atoms with Crippen molar-refractivity contribution in [1.29, 1.82) is 0 Å². The molecule has 1 aliphatic rings. The van der Waals surface area contributed by atoms with Gasteiger partial charge in [-0.1, -0.05) is 12.1 Å². The van der Waals surface area contributed by atoms with Crippen LogP contribution in [0.2, 0.25) is 0 Å². The van der Waals surface area contributed by atoms with Gasteiger partial charge in [-0.05, 0) is 71.6 Å². The van der Waals surface area contributed by atoms with Crippen LogP contribution in [-0.4, -0.2) is 41.7 Å². The van der Waals surface area contributed by atoms with E-state index in [0.29, 0.717) is 12.5 Å². The predicted molar refractivity (Wildman–Crippen MR) is 111 cm³/mol. The highest BCUT2D eigenvalue weighted by atomic mass is 16.6. The number of hydrogen-bond donors (Lipinski definition) is 1. The Morgan fingerprint density at radius 2 is 1.89 bits per heavy atom. The van der Waals surface area contributed by atoms with Crippen molar-refractivity contribution in [3.63, 3.8) is 0 Å². The molecule has 1 fully saturated rings. The number of nitrogens with zero attached hydrogens (tertiary/aromatic N) is 3. The van der Waals surface area contributed by atoms with Crippen LogP contribution in [-0.2, 0) is 11.3 Å². The zero-order valence-corrected chi connectivity index (χ0v) is 17.6. The molecule has 1 aliphatic carbocycles. The lowest BCUT2D eigenvalue weighted by Gasteiger charge is -2.28. The number of benzene rings is 1. The van der Waals surface area contributed by atoms with Gasteiger partial charge in [0.25, 0.3) is 0 Å². The summed E-state index contributed by atoms with van der Waals surface area (Å²) in [6, 6.07) is 6.33. The summed E-state index contributed by atoms with van der Waals surface area (Å²) in [7, 11) is 0. The molecule has 6 nitrogen and oxygen atoms in total. The van der Waals surface area contributed by atoms with Crippen molar-refractivity contribution in [2.45, 2.75) is 72.6 Å². The summed E-state index contributed by atoms with van der Waals surface area (Å²) in [4.78, 5) is 21.0. The second-order valence-corrected chi connectivity index (χ2v) is 8.05. The molecule has 0 aromatic heterocycles. The Balaban J connectivity index is 2.17. The number of anilines is 1. The molecule has 0 radical (unpaired) electrons. The van der Waals surface area contributed by atoms with E-state index in [2.05, 4.69) is 24.9 Å². The first-order valence-corrected chi connectivity index (χ1v) is 9.82. The SMILES string of the molecule is CCN(CC)C(N)=NCc1ccc(N(C(=O)OC(C)(C)C)C2CC2)c(C)c1. The van der Waals surface area contributed by atoms with Gasteiger partial charge in [0, 0.05) is 19.1 Å². The van der Waals surface area contributed by atoms with Gasteiger partial charge in [0.2, 0.25) is 0 Å². The molecule has 0 unspecified atom stereocenters. The molecule has 1 aromatic carbocycles. The lowest BCUT2D eigenvalue weighted by Crippen LogP contribution is -2.38. The van der Waals surface area contributed by atoms with Gasteiger partial charge in [-0.2, -0.15) is 0 Å². The fourth-order valence-corrected chi connectivity index (χ4v) is 2.99. The van der Waals surface area contributed by atoms with Crippen molar-refractivity contribution in [2.24, 2.45) is 10.7 Å². The lowest BCUT2D eigenvalue weighted by atomic mass is 10.1. The highest BCUT2D eigenvalue weighted by molar-refractivity contribution is 5.90. The Labute approximate surface area is 163 Å². The van der Waals surface area contributed by atoms with Crippen LogP contribution in [0.3, 0.4) is 0 Å². The maximum absolute atomic E-state index is 12.7. The molecule has 0 saturated heterocycles. The number of ether oxygens (including phenoxy) is 1. The molecule has 1 aromatic rings. The number of amides is 1. The van der Waals surface area contributed by atoms with Crippen LogP contribution in [0.15, 0.2) is 23.2 Å². The second-order valence-electron chi connectivity index (χ2n) is 8.05. The minimum absolute atomic E-state index is 0.237. The van der Waals surface area contributed by atoms with Gasteiger partial charge in [-0.3, -0.25) is 4.90 Å². The summed E-state index contributed by atoms with van der Waals surface area (Å²) in [6.45, 7) is 14.0. The third-order valence-electron chi connectivity index (χ3n) is 4.53. The molecule has 1 amide bonds. The Morgan fingerprint density at radius 3 is 2.37 bits per heavy atom. The molecule has 2 rings (SSSR count). The van der Waals surface area contributed by atoms with Crippen molar-refractivity contribution < 1.29 is 9.53 Å². The number of aliphatic imine (C=N–C) groups is 1. The fraction of sp³-hybridized carbons (Fsp3) is 0.619. The molecular formula is C21H34N4O2. The highest BCUT2D eigenvalue weighted by Crippen LogP contribution is 2.35. The van der Waals surface area contributed by atoms with E-state index in [1.165, 1.54) is 0 Å². The monoisotopic (exact) mass is 374 g/mol. The summed E-state index contributed by atoms with van der Waals surface area (Å²) in [5.74, 6) is 0.565. The number of rotatable bonds is 6. The second kappa shape index (κ2) is 8.63. The fourth-order valence-electron chi connectivity index (χ4n) is 2.99. The van der Waals surface area contributed by atoms with Crippen LogP contribution in [0.25, 0.3) is 0 Å². The van der Waals surface area contributed by atoms with E-state index in [4.69, 9.17) is 10.5 Å². The standard InChI is InChI=1S/C21H34N4O2/c1-7-24(8-2)19(22)23-14-16-9-12-18(15(3)13-16)25(17-10-11-17)20(26)27-21(4,5)6/h9,12-13,17H,7-8,10-11,14H2,1-6H3,(H2,22,23). The van der Waals surface area contributed by atoms with Gasteiger partial charge in [-0.25, -0.2) is 9.79 Å². The number of carbonyl (C=O) groups excluding carboxylic acids is 1. The number of aryl methyl sites for hydroxylation is 1. The number of carbonyl (C=O) groups is 1. The zero-order chi connectivity index (χ0) is 20.2. The van der Waals surface area contributed by atoms with E-state index < -0.39 is 5.60 Å². The van der Waals surface area contributed by atoms with E-state index in [9.17, 15) is 4.79 Å². The molecule has 0 spiro atoms. The first kappa shape index (κ1) is 21.1. The van der Waals surface area contributed by atoms with Crippen LogP contribution in [0.1, 0.15) is 58.6 Å². The Morgan fingerprint density at radius 1 is 1.26 bits per heavy atom. The number of hydrogen-bond acceptors (Lipinski definition) is 3. The first-order chi connectivity index (χ1) is 12.7. The largest absolute Gasteiger partial charge is 0.443 e. The Kier molecular flexibility index (Phi) is 6.73. The summed E-state index contributed by atoms with van der Waals surface area (Å²) in [5, 5.41) is 0. The quantitative estimate of drug-likeness (QED) is 0.602. The van der Waals surface area contributed by atoms with Crippen LogP contribution < -0.4 is 10.6 Å². The van der Waals surface area contributed by atoms with Gasteiger partial charge in [0.15, 0.2) is 5.96 Å². The summed E-state index contributed by atoms with van der Waals surface area (Å²) < 4.78 is 5.61. The molecule has 2 N–H and O–H groups in total. The van der Waals surface area contributed by atoms with Crippen LogP contribution in [0.5, 0.6) is 0 Å². The minimum atomic E-state index is -0.505. The molecule has 0 heterocycles. The molecule has 150 valence electrons. The van der Waals surface area contributed by atoms with Crippen LogP contribution in [0, 0.1) is 6.92 Å². The van der Waals surface area contributed by atoms with Gasteiger partial charge in [0.05, 0.1) is 12.2 Å². The normalized spacial score (nSPS) is 14.8. The molecule has 27 heavy (non-hydrogen) atoms. The van der Waals surface area contributed by atoms with Gasteiger partial charge < -0.3 is 15.4 Å². The molecule has 1 saturated carbocycles. The third kappa shape index (κ3) is 5.88. The smallest absolute Gasteiger partial charge is 0.415 e. The first-order valence-electron chi connectivity index (χ1n) is 9.82. The maximum atomic E-state index is 12.7. The molecule has 0 bridgehead atoms. The third-order valence-corrected chi connectivity index (χ3v) is 4.53. The molecule has 0 atom stereocenters. The summed E-state index contributed by atoms with van der Waals surface area (Å²) in [5.41, 5.74) is 8.58. The van der Waals surface area contributed by atoms with Crippen molar-refractivity contribution in [3.05, 3.63) is 29.3 Å². The zero-order valence-electron chi connectivity index (χ0n) is 17.6. The number of guanidine groups is 1. The number of nitrogens with two attached hydrogens (primary N) is 1.